The second-order valence-electron chi connectivity index (χ2n) is 8.09. The van der Waals surface area contributed by atoms with Crippen molar-refractivity contribution < 1.29 is 9.53 Å². The van der Waals surface area contributed by atoms with Gasteiger partial charge < -0.3 is 15.4 Å². The summed E-state index contributed by atoms with van der Waals surface area (Å²) < 4.78 is 5.16. The number of amides is 1. The summed E-state index contributed by atoms with van der Waals surface area (Å²) >= 11 is 0. The van der Waals surface area contributed by atoms with Crippen LogP contribution in [0, 0.1) is 6.92 Å². The van der Waals surface area contributed by atoms with E-state index in [9.17, 15) is 4.79 Å². The van der Waals surface area contributed by atoms with Crippen molar-refractivity contribution in [3.8, 4) is 5.75 Å². The zero-order valence-corrected chi connectivity index (χ0v) is 18.5. The van der Waals surface area contributed by atoms with Crippen molar-refractivity contribution in [3.63, 3.8) is 0 Å². The lowest BCUT2D eigenvalue weighted by atomic mass is 9.94. The van der Waals surface area contributed by atoms with Crippen LogP contribution in [0.1, 0.15) is 30.0 Å². The summed E-state index contributed by atoms with van der Waals surface area (Å²) in [7, 11) is 1.63. The molecule has 1 fully saturated rings. The van der Waals surface area contributed by atoms with E-state index in [0.717, 1.165) is 60.3 Å². The number of carbonyl (C=O) groups is 1. The third-order valence-electron chi connectivity index (χ3n) is 5.69. The van der Waals surface area contributed by atoms with Gasteiger partial charge in [0.25, 0.3) is 0 Å². The van der Waals surface area contributed by atoms with E-state index in [1.165, 1.54) is 0 Å². The molecule has 0 radical (unpaired) electrons. The molecule has 1 unspecified atom stereocenters. The molecule has 1 aliphatic heterocycles. The number of hydrogen-bond acceptors (Lipinski definition) is 6. The molecule has 7 nitrogen and oxygen atoms in total. The summed E-state index contributed by atoms with van der Waals surface area (Å²) in [5.74, 6) is 2.66. The Morgan fingerprint density at radius 3 is 2.78 bits per heavy atom. The standard InChI is InChI=1S/C25H29N5O2/c1-18-6-4-14-26-25(18)29-23-9-3-8-22(28-23)19-7-5-15-30(16-19)17-24(31)27-20-10-12-21(32-2)13-11-20/h3-4,6,8-14,19H,5,7,15-17H2,1-2H3,(H,27,31)(H,26,28,29). The highest BCUT2D eigenvalue weighted by atomic mass is 16.5. The number of methoxy groups -OCH3 is 1. The number of ether oxygens (including phenoxy) is 1. The number of piperidine rings is 1. The van der Waals surface area contributed by atoms with Crippen LogP contribution in [0.4, 0.5) is 17.3 Å². The van der Waals surface area contributed by atoms with Gasteiger partial charge in [0.15, 0.2) is 0 Å². The molecule has 4 rings (SSSR count). The van der Waals surface area contributed by atoms with Crippen molar-refractivity contribution in [1.29, 1.82) is 0 Å². The number of hydrogen-bond donors (Lipinski definition) is 2. The van der Waals surface area contributed by atoms with Gasteiger partial charge >= 0.3 is 0 Å². The molecule has 1 saturated heterocycles. The third-order valence-corrected chi connectivity index (χ3v) is 5.69. The highest BCUT2D eigenvalue weighted by Crippen LogP contribution is 2.27. The van der Waals surface area contributed by atoms with Gasteiger partial charge in [0.2, 0.25) is 5.91 Å². The Labute approximate surface area is 188 Å². The molecule has 2 N–H and O–H groups in total. The molecular weight excluding hydrogens is 402 g/mol. The van der Waals surface area contributed by atoms with E-state index in [1.807, 2.05) is 55.5 Å². The first-order chi connectivity index (χ1) is 15.6. The number of nitrogens with zero attached hydrogens (tertiary/aromatic N) is 3. The van der Waals surface area contributed by atoms with Crippen molar-refractivity contribution in [2.45, 2.75) is 25.7 Å². The van der Waals surface area contributed by atoms with E-state index in [2.05, 4.69) is 26.6 Å². The van der Waals surface area contributed by atoms with Gasteiger partial charge in [-0.15, -0.1) is 0 Å². The first kappa shape index (κ1) is 21.8. The Bertz CT molecular complexity index is 1050. The number of aryl methyl sites for hydroxylation is 1. The summed E-state index contributed by atoms with van der Waals surface area (Å²) in [5.41, 5.74) is 2.89. The number of anilines is 3. The number of carbonyl (C=O) groups excluding carboxylic acids is 1. The largest absolute Gasteiger partial charge is 0.497 e. The van der Waals surface area contributed by atoms with Crippen molar-refractivity contribution in [2.75, 3.05) is 37.4 Å². The van der Waals surface area contributed by atoms with Crippen LogP contribution in [-0.4, -0.2) is 47.5 Å². The summed E-state index contributed by atoms with van der Waals surface area (Å²) in [6.45, 7) is 4.12. The third kappa shape index (κ3) is 5.62. The highest BCUT2D eigenvalue weighted by Gasteiger charge is 2.24. The van der Waals surface area contributed by atoms with Gasteiger partial charge in [0.1, 0.15) is 17.4 Å². The molecule has 0 aliphatic carbocycles. The first-order valence-electron chi connectivity index (χ1n) is 10.9. The molecule has 0 bridgehead atoms. The molecule has 1 atom stereocenters. The van der Waals surface area contributed by atoms with Crippen molar-refractivity contribution in [2.24, 2.45) is 0 Å². The predicted molar refractivity (Wildman–Crippen MR) is 127 cm³/mol. The molecule has 32 heavy (non-hydrogen) atoms. The average Bonchev–Trinajstić information content (AvgIpc) is 2.81. The average molecular weight is 432 g/mol. The lowest BCUT2D eigenvalue weighted by Gasteiger charge is -2.32. The number of aromatic nitrogens is 2. The summed E-state index contributed by atoms with van der Waals surface area (Å²) in [6, 6.07) is 17.4. The number of pyridine rings is 2. The van der Waals surface area contributed by atoms with Crippen LogP contribution < -0.4 is 15.4 Å². The van der Waals surface area contributed by atoms with Crippen LogP contribution >= 0.6 is 0 Å². The van der Waals surface area contributed by atoms with Crippen LogP contribution in [0.5, 0.6) is 5.75 Å². The Morgan fingerprint density at radius 2 is 2.00 bits per heavy atom. The monoisotopic (exact) mass is 431 g/mol. The summed E-state index contributed by atoms with van der Waals surface area (Å²) in [5, 5.41) is 6.29. The minimum atomic E-state index is -0.00943. The van der Waals surface area contributed by atoms with Gasteiger partial charge in [-0.25, -0.2) is 9.97 Å². The van der Waals surface area contributed by atoms with Crippen molar-refractivity contribution in [1.82, 2.24) is 14.9 Å². The summed E-state index contributed by atoms with van der Waals surface area (Å²) in [4.78, 5) is 24.0. The smallest absolute Gasteiger partial charge is 0.238 e. The van der Waals surface area contributed by atoms with Gasteiger partial charge in [-0.05, 0) is 74.3 Å². The van der Waals surface area contributed by atoms with Gasteiger partial charge in [-0.2, -0.15) is 0 Å². The maximum Gasteiger partial charge on any atom is 0.238 e. The van der Waals surface area contributed by atoms with E-state index >= 15 is 0 Å². The van der Waals surface area contributed by atoms with Crippen LogP contribution in [0.25, 0.3) is 0 Å². The zero-order chi connectivity index (χ0) is 22.3. The lowest BCUT2D eigenvalue weighted by molar-refractivity contribution is -0.117. The van der Waals surface area contributed by atoms with Gasteiger partial charge in [0.05, 0.1) is 13.7 Å². The van der Waals surface area contributed by atoms with E-state index in [4.69, 9.17) is 9.72 Å². The van der Waals surface area contributed by atoms with Crippen LogP contribution in [-0.2, 0) is 4.79 Å². The molecule has 3 aromatic rings. The number of likely N-dealkylation sites (tertiary alicyclic amines) is 1. The molecule has 166 valence electrons. The minimum absolute atomic E-state index is 0.00943. The van der Waals surface area contributed by atoms with Gasteiger partial charge in [-0.3, -0.25) is 9.69 Å². The molecule has 1 amide bonds. The molecule has 0 spiro atoms. The van der Waals surface area contributed by atoms with E-state index in [1.54, 1.807) is 13.3 Å². The Hall–Kier alpha value is -3.45. The van der Waals surface area contributed by atoms with E-state index in [0.29, 0.717) is 12.5 Å². The molecular formula is C25H29N5O2. The first-order valence-corrected chi connectivity index (χ1v) is 10.9. The van der Waals surface area contributed by atoms with E-state index in [-0.39, 0.29) is 5.91 Å². The molecule has 1 aliphatic rings. The molecule has 0 saturated carbocycles. The van der Waals surface area contributed by atoms with Crippen LogP contribution in [0.15, 0.2) is 60.8 Å². The second-order valence-corrected chi connectivity index (χ2v) is 8.09. The minimum Gasteiger partial charge on any atom is -0.497 e. The van der Waals surface area contributed by atoms with Gasteiger partial charge in [0, 0.05) is 30.0 Å². The molecule has 7 heteroatoms. The van der Waals surface area contributed by atoms with Crippen LogP contribution in [0.3, 0.4) is 0 Å². The molecule has 1 aromatic carbocycles. The highest BCUT2D eigenvalue weighted by molar-refractivity contribution is 5.92. The number of rotatable bonds is 7. The lowest BCUT2D eigenvalue weighted by Crippen LogP contribution is -2.40. The normalized spacial score (nSPS) is 16.4. The van der Waals surface area contributed by atoms with Gasteiger partial charge in [-0.1, -0.05) is 12.1 Å². The quantitative estimate of drug-likeness (QED) is 0.579. The molecule has 3 heterocycles. The van der Waals surface area contributed by atoms with E-state index < -0.39 is 0 Å². The molecule has 2 aromatic heterocycles. The topological polar surface area (TPSA) is 79.4 Å². The maximum absolute atomic E-state index is 12.6. The fourth-order valence-corrected chi connectivity index (χ4v) is 4.00. The second kappa shape index (κ2) is 10.2. The number of benzene rings is 1. The Balaban J connectivity index is 1.36. The number of nitrogens with one attached hydrogen (secondary N) is 2. The van der Waals surface area contributed by atoms with Crippen LogP contribution in [0.2, 0.25) is 0 Å². The zero-order valence-electron chi connectivity index (χ0n) is 18.5. The Kier molecular flexibility index (Phi) is 6.97. The predicted octanol–water partition coefficient (Wildman–Crippen LogP) is 4.36. The maximum atomic E-state index is 12.6. The Morgan fingerprint density at radius 1 is 1.16 bits per heavy atom. The summed E-state index contributed by atoms with van der Waals surface area (Å²) in [6.07, 6.45) is 3.88. The fraction of sp³-hybridized carbons (Fsp3) is 0.320. The SMILES string of the molecule is COc1ccc(NC(=O)CN2CCCC(c3cccc(Nc4ncccc4C)n3)C2)cc1. The van der Waals surface area contributed by atoms with Crippen molar-refractivity contribution >= 4 is 23.2 Å². The van der Waals surface area contributed by atoms with Crippen molar-refractivity contribution in [3.05, 3.63) is 72.1 Å². The fourth-order valence-electron chi connectivity index (χ4n) is 4.00.